The van der Waals surface area contributed by atoms with E-state index in [-0.39, 0.29) is 11.9 Å². The van der Waals surface area contributed by atoms with Gasteiger partial charge in [-0.3, -0.25) is 14.7 Å². The van der Waals surface area contributed by atoms with E-state index in [0.29, 0.717) is 12.5 Å². The van der Waals surface area contributed by atoms with Gasteiger partial charge in [0.15, 0.2) is 0 Å². The Morgan fingerprint density at radius 2 is 2.26 bits per heavy atom. The fourth-order valence-corrected chi connectivity index (χ4v) is 2.65. The van der Waals surface area contributed by atoms with Gasteiger partial charge in [-0.05, 0) is 31.7 Å². The number of nitrogens with one attached hydrogen (secondary N) is 1. The van der Waals surface area contributed by atoms with Crippen LogP contribution in [0, 0.1) is 5.92 Å². The summed E-state index contributed by atoms with van der Waals surface area (Å²) < 4.78 is 0. The summed E-state index contributed by atoms with van der Waals surface area (Å²) in [5, 5.41) is 2.80. The minimum atomic E-state index is -0.977. The SMILES string of the molecule is CC1(c2cccnc2)NC(=O)N(CC2CCC2)C1=O. The van der Waals surface area contributed by atoms with Crippen LogP contribution in [0.1, 0.15) is 31.7 Å². The van der Waals surface area contributed by atoms with Crippen molar-refractivity contribution in [2.45, 2.75) is 31.7 Å². The third kappa shape index (κ3) is 1.89. The molecule has 1 unspecified atom stereocenters. The van der Waals surface area contributed by atoms with Gasteiger partial charge in [-0.25, -0.2) is 4.79 Å². The van der Waals surface area contributed by atoms with Gasteiger partial charge in [-0.15, -0.1) is 0 Å². The smallest absolute Gasteiger partial charge is 0.319 e. The van der Waals surface area contributed by atoms with E-state index in [1.807, 2.05) is 6.07 Å². The number of urea groups is 1. The summed E-state index contributed by atoms with van der Waals surface area (Å²) in [7, 11) is 0. The van der Waals surface area contributed by atoms with Gasteiger partial charge in [-0.1, -0.05) is 12.5 Å². The molecule has 1 saturated heterocycles. The summed E-state index contributed by atoms with van der Waals surface area (Å²) in [6, 6.07) is 3.30. The Bertz CT molecular complexity index is 513. The lowest BCUT2D eigenvalue weighted by Crippen LogP contribution is -2.42. The molecule has 1 aromatic heterocycles. The standard InChI is InChI=1S/C14H17N3O2/c1-14(11-6-3-7-15-8-11)12(18)17(13(19)16-14)9-10-4-2-5-10/h3,6-8,10H,2,4-5,9H2,1H3,(H,16,19). The molecule has 1 saturated carbocycles. The van der Waals surface area contributed by atoms with Gasteiger partial charge >= 0.3 is 6.03 Å². The second kappa shape index (κ2) is 4.33. The maximum atomic E-state index is 12.5. The first kappa shape index (κ1) is 12.1. The normalized spacial score (nSPS) is 27.3. The monoisotopic (exact) mass is 259 g/mol. The van der Waals surface area contributed by atoms with Crippen molar-refractivity contribution in [3.8, 4) is 0 Å². The van der Waals surface area contributed by atoms with Crippen LogP contribution in [0.25, 0.3) is 0 Å². The minimum Gasteiger partial charge on any atom is -0.319 e. The number of pyridine rings is 1. The predicted molar refractivity (Wildman–Crippen MR) is 69.2 cm³/mol. The Hall–Kier alpha value is -1.91. The third-order valence-electron chi connectivity index (χ3n) is 4.18. The summed E-state index contributed by atoms with van der Waals surface area (Å²) in [5.41, 5.74) is -0.251. The maximum absolute atomic E-state index is 12.5. The highest BCUT2D eigenvalue weighted by molar-refractivity contribution is 6.07. The van der Waals surface area contributed by atoms with Gasteiger partial charge < -0.3 is 5.32 Å². The molecule has 1 atom stereocenters. The highest BCUT2D eigenvalue weighted by Crippen LogP contribution is 2.32. The van der Waals surface area contributed by atoms with E-state index in [1.54, 1.807) is 25.4 Å². The van der Waals surface area contributed by atoms with Crippen LogP contribution >= 0.6 is 0 Å². The molecule has 2 heterocycles. The first-order valence-corrected chi connectivity index (χ1v) is 6.66. The van der Waals surface area contributed by atoms with Crippen LogP contribution < -0.4 is 5.32 Å². The van der Waals surface area contributed by atoms with Gasteiger partial charge in [0.1, 0.15) is 5.54 Å². The number of imide groups is 1. The summed E-state index contributed by atoms with van der Waals surface area (Å²) in [6.45, 7) is 2.28. The van der Waals surface area contributed by atoms with E-state index in [2.05, 4.69) is 10.3 Å². The molecule has 5 nitrogen and oxygen atoms in total. The van der Waals surface area contributed by atoms with Gasteiger partial charge in [0.05, 0.1) is 0 Å². The van der Waals surface area contributed by atoms with Gasteiger partial charge in [0.25, 0.3) is 5.91 Å². The molecule has 3 rings (SSSR count). The maximum Gasteiger partial charge on any atom is 0.325 e. The first-order valence-electron chi connectivity index (χ1n) is 6.66. The van der Waals surface area contributed by atoms with Crippen molar-refractivity contribution >= 4 is 11.9 Å². The molecule has 1 aromatic rings. The molecule has 19 heavy (non-hydrogen) atoms. The van der Waals surface area contributed by atoms with E-state index < -0.39 is 5.54 Å². The lowest BCUT2D eigenvalue weighted by Gasteiger charge is -2.29. The summed E-state index contributed by atoms with van der Waals surface area (Å²) in [4.78, 5) is 29.9. The van der Waals surface area contributed by atoms with E-state index in [9.17, 15) is 9.59 Å². The van der Waals surface area contributed by atoms with Crippen LogP contribution in [0.2, 0.25) is 0 Å². The third-order valence-corrected chi connectivity index (χ3v) is 4.18. The summed E-state index contributed by atoms with van der Waals surface area (Å²) in [5.74, 6) is 0.309. The van der Waals surface area contributed by atoms with Crippen molar-refractivity contribution in [2.75, 3.05) is 6.54 Å². The zero-order chi connectivity index (χ0) is 13.5. The molecule has 1 N–H and O–H groups in total. The molecule has 3 amide bonds. The van der Waals surface area contributed by atoms with E-state index in [1.165, 1.54) is 11.3 Å². The van der Waals surface area contributed by atoms with E-state index >= 15 is 0 Å². The fraction of sp³-hybridized carbons (Fsp3) is 0.500. The average Bonchev–Trinajstić information content (AvgIpc) is 2.58. The minimum absolute atomic E-state index is 0.169. The molecular formula is C14H17N3O2. The van der Waals surface area contributed by atoms with Crippen LogP contribution in [0.15, 0.2) is 24.5 Å². The number of hydrogen-bond acceptors (Lipinski definition) is 3. The predicted octanol–water partition coefficient (Wildman–Crippen LogP) is 1.65. The second-order valence-electron chi connectivity index (χ2n) is 5.51. The van der Waals surface area contributed by atoms with E-state index in [4.69, 9.17) is 0 Å². The summed E-state index contributed by atoms with van der Waals surface area (Å²) in [6.07, 6.45) is 6.71. The van der Waals surface area contributed by atoms with Gasteiger partial charge in [-0.2, -0.15) is 0 Å². The lowest BCUT2D eigenvalue weighted by molar-refractivity contribution is -0.131. The van der Waals surface area contributed by atoms with Crippen LogP contribution in [-0.4, -0.2) is 28.4 Å². The zero-order valence-corrected chi connectivity index (χ0v) is 10.9. The Balaban J connectivity index is 1.84. The zero-order valence-electron chi connectivity index (χ0n) is 10.9. The van der Waals surface area contributed by atoms with E-state index in [0.717, 1.165) is 18.4 Å². The molecule has 5 heteroatoms. The van der Waals surface area contributed by atoms with Crippen molar-refractivity contribution in [3.63, 3.8) is 0 Å². The number of amides is 3. The second-order valence-corrected chi connectivity index (χ2v) is 5.51. The number of rotatable bonds is 3. The van der Waals surface area contributed by atoms with Crippen LogP contribution in [0.4, 0.5) is 4.79 Å². The molecule has 0 radical (unpaired) electrons. The molecule has 0 spiro atoms. The highest BCUT2D eigenvalue weighted by atomic mass is 16.2. The van der Waals surface area contributed by atoms with Crippen molar-refractivity contribution < 1.29 is 9.59 Å². The largest absolute Gasteiger partial charge is 0.325 e. The molecule has 100 valence electrons. The number of carbonyl (C=O) groups excluding carboxylic acids is 2. The number of hydrogen-bond donors (Lipinski definition) is 1. The van der Waals surface area contributed by atoms with Gasteiger partial charge in [0, 0.05) is 24.5 Å². The number of carbonyl (C=O) groups is 2. The van der Waals surface area contributed by atoms with Crippen molar-refractivity contribution in [2.24, 2.45) is 5.92 Å². The Labute approximate surface area is 112 Å². The molecule has 0 bridgehead atoms. The molecule has 0 aromatic carbocycles. The van der Waals surface area contributed by atoms with Crippen molar-refractivity contribution in [3.05, 3.63) is 30.1 Å². The lowest BCUT2D eigenvalue weighted by atomic mass is 9.85. The topological polar surface area (TPSA) is 62.3 Å². The molecule has 2 aliphatic rings. The number of nitrogens with zero attached hydrogens (tertiary/aromatic N) is 2. The molecular weight excluding hydrogens is 242 g/mol. The summed E-state index contributed by atoms with van der Waals surface area (Å²) >= 11 is 0. The molecule has 1 aliphatic carbocycles. The molecule has 2 fully saturated rings. The Morgan fingerprint density at radius 1 is 1.47 bits per heavy atom. The fourth-order valence-electron chi connectivity index (χ4n) is 2.65. The number of aromatic nitrogens is 1. The van der Waals surface area contributed by atoms with Crippen molar-refractivity contribution in [1.29, 1.82) is 0 Å². The van der Waals surface area contributed by atoms with Crippen molar-refractivity contribution in [1.82, 2.24) is 15.2 Å². The van der Waals surface area contributed by atoms with Crippen LogP contribution in [0.5, 0.6) is 0 Å². The Morgan fingerprint density at radius 3 is 2.84 bits per heavy atom. The first-order chi connectivity index (χ1) is 9.11. The Kier molecular flexibility index (Phi) is 2.77. The van der Waals surface area contributed by atoms with Gasteiger partial charge in [0.2, 0.25) is 0 Å². The van der Waals surface area contributed by atoms with Crippen LogP contribution in [-0.2, 0) is 10.3 Å². The molecule has 1 aliphatic heterocycles. The van der Waals surface area contributed by atoms with Crippen LogP contribution in [0.3, 0.4) is 0 Å². The quantitative estimate of drug-likeness (QED) is 0.839. The highest BCUT2D eigenvalue weighted by Gasteiger charge is 2.49. The average molecular weight is 259 g/mol.